The molecule has 3 rings (SSSR count). The molecule has 0 aliphatic carbocycles. The fourth-order valence-corrected chi connectivity index (χ4v) is 3.03. The van der Waals surface area contributed by atoms with Crippen molar-refractivity contribution in [1.82, 2.24) is 9.88 Å². The van der Waals surface area contributed by atoms with Gasteiger partial charge in [-0.3, -0.25) is 9.78 Å². The van der Waals surface area contributed by atoms with Crippen LogP contribution in [-0.2, 0) is 4.74 Å². The predicted octanol–water partition coefficient (Wildman–Crippen LogP) is 3.17. The third-order valence-corrected chi connectivity index (χ3v) is 4.15. The van der Waals surface area contributed by atoms with Crippen LogP contribution in [0.1, 0.15) is 23.0 Å². The number of pyridine rings is 1. The zero-order valence-corrected chi connectivity index (χ0v) is 13.7. The number of amides is 1. The number of fused-ring (bicyclic) bond motifs is 1. The molecule has 1 aromatic heterocycles. The Hall–Kier alpha value is -1.46. The number of morpholine rings is 1. The molecule has 0 N–H and O–H groups in total. The van der Waals surface area contributed by atoms with Gasteiger partial charge in [0.1, 0.15) is 0 Å². The Kier molecular flexibility index (Phi) is 3.95. The molecule has 2 heterocycles. The van der Waals surface area contributed by atoms with Crippen molar-refractivity contribution in [2.24, 2.45) is 0 Å². The minimum atomic E-state index is 0.0583. The van der Waals surface area contributed by atoms with Gasteiger partial charge in [-0.1, -0.05) is 22.0 Å². The molecule has 1 aromatic carbocycles. The lowest BCUT2D eigenvalue weighted by Crippen LogP contribution is -2.44. The van der Waals surface area contributed by atoms with Gasteiger partial charge in [-0.15, -0.1) is 0 Å². The first-order chi connectivity index (χ1) is 10.0. The summed E-state index contributed by atoms with van der Waals surface area (Å²) < 4.78 is 6.47. The predicted molar refractivity (Wildman–Crippen MR) is 85.5 cm³/mol. The van der Waals surface area contributed by atoms with Crippen LogP contribution in [0.5, 0.6) is 0 Å². The number of hydrogen-bond donors (Lipinski definition) is 0. The molecule has 21 heavy (non-hydrogen) atoms. The molecule has 1 atom stereocenters. The Morgan fingerprint density at radius 3 is 3.00 bits per heavy atom. The second-order valence-corrected chi connectivity index (χ2v) is 6.32. The molecule has 0 saturated carbocycles. The van der Waals surface area contributed by atoms with Crippen LogP contribution in [0.4, 0.5) is 0 Å². The number of aryl methyl sites for hydroxylation is 1. The zero-order chi connectivity index (χ0) is 15.0. The molecule has 0 radical (unpaired) electrons. The van der Waals surface area contributed by atoms with Gasteiger partial charge in [0.15, 0.2) is 0 Å². The first-order valence-electron chi connectivity index (χ1n) is 7.02. The number of halogens is 1. The largest absolute Gasteiger partial charge is 0.375 e. The standard InChI is InChI=1S/C16H17BrN2O2/c1-10-7-14(13-4-3-12(17)8-15(13)18-10)16(20)19-5-6-21-11(2)9-19/h3-4,7-8,11H,5-6,9H2,1-2H3. The average molecular weight is 349 g/mol. The highest BCUT2D eigenvalue weighted by Gasteiger charge is 2.24. The van der Waals surface area contributed by atoms with E-state index in [0.717, 1.165) is 26.6 Å². The molecule has 0 bridgehead atoms. The van der Waals surface area contributed by atoms with E-state index in [1.165, 1.54) is 0 Å². The van der Waals surface area contributed by atoms with Crippen LogP contribution in [0.3, 0.4) is 0 Å². The van der Waals surface area contributed by atoms with Crippen LogP contribution in [-0.4, -0.2) is 41.6 Å². The van der Waals surface area contributed by atoms with Crippen LogP contribution >= 0.6 is 15.9 Å². The van der Waals surface area contributed by atoms with Gasteiger partial charge in [0.05, 0.1) is 23.8 Å². The normalized spacial score (nSPS) is 19.0. The molecule has 5 heteroatoms. The second kappa shape index (κ2) is 5.73. The summed E-state index contributed by atoms with van der Waals surface area (Å²) in [4.78, 5) is 19.2. The number of carbonyl (C=O) groups is 1. The topological polar surface area (TPSA) is 42.4 Å². The van der Waals surface area contributed by atoms with E-state index in [4.69, 9.17) is 4.74 Å². The maximum atomic E-state index is 12.8. The molecule has 1 amide bonds. The molecule has 1 saturated heterocycles. The number of hydrogen-bond acceptors (Lipinski definition) is 3. The van der Waals surface area contributed by atoms with Crippen LogP contribution in [0.15, 0.2) is 28.7 Å². The average Bonchev–Trinajstić information content (AvgIpc) is 2.45. The molecule has 1 aliphatic heterocycles. The number of carbonyl (C=O) groups excluding carboxylic acids is 1. The minimum absolute atomic E-state index is 0.0583. The van der Waals surface area contributed by atoms with E-state index in [1.54, 1.807) is 0 Å². The van der Waals surface area contributed by atoms with Gasteiger partial charge in [-0.25, -0.2) is 0 Å². The summed E-state index contributed by atoms with van der Waals surface area (Å²) in [6.07, 6.45) is 0.0889. The van der Waals surface area contributed by atoms with Gasteiger partial charge >= 0.3 is 0 Å². The number of ether oxygens (including phenoxy) is 1. The van der Waals surface area contributed by atoms with Crippen molar-refractivity contribution in [2.45, 2.75) is 20.0 Å². The van der Waals surface area contributed by atoms with Crippen molar-refractivity contribution in [1.29, 1.82) is 0 Å². The highest BCUT2D eigenvalue weighted by Crippen LogP contribution is 2.24. The maximum Gasteiger partial charge on any atom is 0.254 e. The van der Waals surface area contributed by atoms with Crippen molar-refractivity contribution in [2.75, 3.05) is 19.7 Å². The third-order valence-electron chi connectivity index (χ3n) is 3.66. The van der Waals surface area contributed by atoms with Crippen molar-refractivity contribution in [3.63, 3.8) is 0 Å². The van der Waals surface area contributed by atoms with Crippen LogP contribution in [0, 0.1) is 6.92 Å². The summed E-state index contributed by atoms with van der Waals surface area (Å²) in [6.45, 7) is 5.78. The molecule has 1 unspecified atom stereocenters. The molecule has 1 aliphatic rings. The number of benzene rings is 1. The summed E-state index contributed by atoms with van der Waals surface area (Å²) in [5, 5.41) is 0.896. The number of nitrogens with zero attached hydrogens (tertiary/aromatic N) is 2. The Morgan fingerprint density at radius 1 is 1.43 bits per heavy atom. The summed E-state index contributed by atoms with van der Waals surface area (Å²) in [6, 6.07) is 7.71. The maximum absolute atomic E-state index is 12.8. The van der Waals surface area contributed by atoms with Crippen LogP contribution < -0.4 is 0 Å². The molecule has 4 nitrogen and oxygen atoms in total. The second-order valence-electron chi connectivity index (χ2n) is 5.41. The van der Waals surface area contributed by atoms with E-state index in [9.17, 15) is 4.79 Å². The van der Waals surface area contributed by atoms with Gasteiger partial charge in [0, 0.05) is 28.6 Å². The van der Waals surface area contributed by atoms with Crippen molar-refractivity contribution in [3.05, 3.63) is 40.0 Å². The summed E-state index contributed by atoms with van der Waals surface area (Å²) in [5.41, 5.74) is 2.42. The fourth-order valence-electron chi connectivity index (χ4n) is 2.68. The lowest BCUT2D eigenvalue weighted by molar-refractivity contribution is -0.0123. The van der Waals surface area contributed by atoms with Gasteiger partial charge in [0.2, 0.25) is 0 Å². The molecular formula is C16H17BrN2O2. The smallest absolute Gasteiger partial charge is 0.254 e. The Labute approximate surface area is 132 Å². The van der Waals surface area contributed by atoms with Gasteiger partial charge in [0.25, 0.3) is 5.91 Å². The molecule has 1 fully saturated rings. The SMILES string of the molecule is Cc1cc(C(=O)N2CCOC(C)C2)c2ccc(Br)cc2n1. The highest BCUT2D eigenvalue weighted by atomic mass is 79.9. The lowest BCUT2D eigenvalue weighted by atomic mass is 10.1. The summed E-state index contributed by atoms with van der Waals surface area (Å²) in [5.74, 6) is 0.0583. The van der Waals surface area contributed by atoms with Gasteiger partial charge < -0.3 is 9.64 Å². The van der Waals surface area contributed by atoms with Crippen LogP contribution in [0.25, 0.3) is 10.9 Å². The van der Waals surface area contributed by atoms with Crippen molar-refractivity contribution < 1.29 is 9.53 Å². The van der Waals surface area contributed by atoms with E-state index >= 15 is 0 Å². The monoisotopic (exact) mass is 348 g/mol. The van der Waals surface area contributed by atoms with Crippen LogP contribution in [0.2, 0.25) is 0 Å². The summed E-state index contributed by atoms with van der Waals surface area (Å²) >= 11 is 3.45. The first kappa shape index (κ1) is 14.5. The molecule has 0 spiro atoms. The zero-order valence-electron chi connectivity index (χ0n) is 12.1. The van der Waals surface area contributed by atoms with E-state index in [1.807, 2.05) is 43.0 Å². The Bertz CT molecular complexity index is 697. The lowest BCUT2D eigenvalue weighted by Gasteiger charge is -2.31. The molecule has 110 valence electrons. The minimum Gasteiger partial charge on any atom is -0.375 e. The molecule has 2 aromatic rings. The van der Waals surface area contributed by atoms with E-state index in [-0.39, 0.29) is 12.0 Å². The van der Waals surface area contributed by atoms with E-state index < -0.39 is 0 Å². The fraction of sp³-hybridized carbons (Fsp3) is 0.375. The van der Waals surface area contributed by atoms with E-state index in [2.05, 4.69) is 20.9 Å². The quantitative estimate of drug-likeness (QED) is 0.794. The van der Waals surface area contributed by atoms with Gasteiger partial charge in [-0.2, -0.15) is 0 Å². The first-order valence-corrected chi connectivity index (χ1v) is 7.81. The summed E-state index contributed by atoms with van der Waals surface area (Å²) in [7, 11) is 0. The third kappa shape index (κ3) is 2.94. The van der Waals surface area contributed by atoms with E-state index in [0.29, 0.717) is 19.7 Å². The molecular weight excluding hydrogens is 332 g/mol. The van der Waals surface area contributed by atoms with Crippen molar-refractivity contribution in [3.8, 4) is 0 Å². The number of rotatable bonds is 1. The number of aromatic nitrogens is 1. The highest BCUT2D eigenvalue weighted by molar-refractivity contribution is 9.10. The van der Waals surface area contributed by atoms with Crippen molar-refractivity contribution >= 4 is 32.7 Å². The Balaban J connectivity index is 2.04. The Morgan fingerprint density at radius 2 is 2.24 bits per heavy atom. The van der Waals surface area contributed by atoms with Gasteiger partial charge in [-0.05, 0) is 32.0 Å².